The lowest BCUT2D eigenvalue weighted by Gasteiger charge is -2.11. The number of rotatable bonds is 7. The van der Waals surface area contributed by atoms with Gasteiger partial charge in [-0.05, 0) is 31.2 Å². The number of Topliss-reactive ketones (excluding diaryl/α,β-unsaturated/α-hetero) is 1. The Balaban J connectivity index is 1.96. The van der Waals surface area contributed by atoms with Crippen LogP contribution in [-0.4, -0.2) is 24.0 Å². The summed E-state index contributed by atoms with van der Waals surface area (Å²) in [7, 11) is 0. The fourth-order valence-corrected chi connectivity index (χ4v) is 2.70. The second-order valence-electron chi connectivity index (χ2n) is 4.98. The molecule has 0 fully saturated rings. The second-order valence-corrected chi connectivity index (χ2v) is 6.00. The lowest BCUT2D eigenvalue weighted by Crippen LogP contribution is -2.22. The van der Waals surface area contributed by atoms with E-state index in [1.165, 1.54) is 18.7 Å². The van der Waals surface area contributed by atoms with E-state index in [0.29, 0.717) is 22.7 Å². The average Bonchev–Trinajstić information content (AvgIpc) is 2.59. The minimum absolute atomic E-state index is 0.0217. The third-order valence-electron chi connectivity index (χ3n) is 3.18. The molecule has 2 aromatic rings. The van der Waals surface area contributed by atoms with Gasteiger partial charge in [0.05, 0.1) is 24.1 Å². The summed E-state index contributed by atoms with van der Waals surface area (Å²) in [5.41, 5.74) is 1.99. The first-order valence-corrected chi connectivity index (χ1v) is 8.32. The van der Waals surface area contributed by atoms with Crippen LogP contribution in [0.2, 0.25) is 0 Å². The van der Waals surface area contributed by atoms with E-state index in [2.05, 4.69) is 16.7 Å². The molecule has 122 valence electrons. The largest absolute Gasteiger partial charge is 0.376 e. The fourth-order valence-electron chi connectivity index (χ4n) is 2.03. The maximum absolute atomic E-state index is 12.1. The van der Waals surface area contributed by atoms with Gasteiger partial charge in [-0.25, -0.2) is 0 Å². The number of para-hydroxylation sites is 1. The van der Waals surface area contributed by atoms with Crippen LogP contribution in [0.1, 0.15) is 17.3 Å². The summed E-state index contributed by atoms with van der Waals surface area (Å²) in [6.45, 7) is 1.58. The number of hydrogen-bond acceptors (Lipinski definition) is 5. The molecular formula is C18H17N3O2S. The minimum Gasteiger partial charge on any atom is -0.376 e. The molecule has 6 heteroatoms. The molecule has 2 N–H and O–H groups in total. The number of benzene rings is 2. The van der Waals surface area contributed by atoms with Gasteiger partial charge < -0.3 is 10.6 Å². The van der Waals surface area contributed by atoms with Gasteiger partial charge in [-0.15, -0.1) is 11.8 Å². The molecule has 0 heterocycles. The van der Waals surface area contributed by atoms with Crippen LogP contribution in [0.3, 0.4) is 0 Å². The van der Waals surface area contributed by atoms with Crippen LogP contribution in [0.5, 0.6) is 0 Å². The van der Waals surface area contributed by atoms with Gasteiger partial charge in [-0.3, -0.25) is 9.59 Å². The first-order chi connectivity index (χ1) is 11.6. The topological polar surface area (TPSA) is 82.0 Å². The number of thioether (sulfide) groups is 1. The van der Waals surface area contributed by atoms with Crippen LogP contribution in [0.15, 0.2) is 53.4 Å². The normalized spacial score (nSPS) is 9.83. The number of amides is 1. The van der Waals surface area contributed by atoms with E-state index in [9.17, 15) is 9.59 Å². The molecule has 0 saturated heterocycles. The van der Waals surface area contributed by atoms with Crippen molar-refractivity contribution in [3.63, 3.8) is 0 Å². The second kappa shape index (κ2) is 8.75. The molecule has 2 rings (SSSR count). The summed E-state index contributed by atoms with van der Waals surface area (Å²) in [6.07, 6.45) is 0. The van der Waals surface area contributed by atoms with Crippen molar-refractivity contribution in [3.05, 3.63) is 54.1 Å². The molecule has 1 amide bonds. The fraction of sp³-hybridized carbons (Fsp3) is 0.167. The van der Waals surface area contributed by atoms with Crippen LogP contribution < -0.4 is 10.6 Å². The molecular weight excluding hydrogens is 322 g/mol. The highest BCUT2D eigenvalue weighted by Gasteiger charge is 2.07. The molecule has 0 aliphatic carbocycles. The maximum atomic E-state index is 12.1. The van der Waals surface area contributed by atoms with Crippen molar-refractivity contribution in [3.8, 4) is 6.07 Å². The van der Waals surface area contributed by atoms with E-state index in [-0.39, 0.29) is 18.2 Å². The Morgan fingerprint density at radius 2 is 1.96 bits per heavy atom. The van der Waals surface area contributed by atoms with E-state index >= 15 is 0 Å². The van der Waals surface area contributed by atoms with E-state index in [1.54, 1.807) is 30.3 Å². The predicted molar refractivity (Wildman–Crippen MR) is 96.3 cm³/mol. The molecule has 0 saturated carbocycles. The lowest BCUT2D eigenvalue weighted by atomic mass is 10.1. The van der Waals surface area contributed by atoms with Crippen molar-refractivity contribution in [2.75, 3.05) is 22.9 Å². The van der Waals surface area contributed by atoms with Crippen molar-refractivity contribution >= 4 is 34.8 Å². The molecule has 0 aliphatic rings. The van der Waals surface area contributed by atoms with Gasteiger partial charge in [0.25, 0.3) is 0 Å². The zero-order chi connectivity index (χ0) is 17.4. The van der Waals surface area contributed by atoms with E-state index < -0.39 is 0 Å². The Hall–Kier alpha value is -2.78. The van der Waals surface area contributed by atoms with Crippen molar-refractivity contribution in [2.24, 2.45) is 0 Å². The number of nitrogens with zero attached hydrogens (tertiary/aromatic N) is 1. The van der Waals surface area contributed by atoms with Crippen LogP contribution in [0.4, 0.5) is 11.4 Å². The molecule has 0 aromatic heterocycles. The van der Waals surface area contributed by atoms with Gasteiger partial charge in [0.15, 0.2) is 5.78 Å². The number of carbonyl (C=O) groups is 2. The van der Waals surface area contributed by atoms with Crippen molar-refractivity contribution in [1.29, 1.82) is 5.26 Å². The standard InChI is InChI=1S/C18H17N3O2S/c1-13(22)14-5-4-6-15(11-14)20-12-18(23)21-16-7-2-3-8-17(16)24-10-9-19/h2-8,11,20H,10,12H2,1H3,(H,21,23). The van der Waals surface area contributed by atoms with Crippen molar-refractivity contribution in [2.45, 2.75) is 11.8 Å². The van der Waals surface area contributed by atoms with Crippen LogP contribution >= 0.6 is 11.8 Å². The Morgan fingerprint density at radius 1 is 1.17 bits per heavy atom. The summed E-state index contributed by atoms with van der Waals surface area (Å²) in [5.74, 6) is 0.1000. The number of hydrogen-bond donors (Lipinski definition) is 2. The average molecular weight is 339 g/mol. The maximum Gasteiger partial charge on any atom is 0.243 e. The van der Waals surface area contributed by atoms with Gasteiger partial charge in [0, 0.05) is 16.1 Å². The highest BCUT2D eigenvalue weighted by Crippen LogP contribution is 2.26. The van der Waals surface area contributed by atoms with Gasteiger partial charge in [0.2, 0.25) is 5.91 Å². The van der Waals surface area contributed by atoms with Crippen LogP contribution in [0, 0.1) is 11.3 Å². The molecule has 24 heavy (non-hydrogen) atoms. The van der Waals surface area contributed by atoms with Crippen molar-refractivity contribution < 1.29 is 9.59 Å². The molecule has 0 atom stereocenters. The first kappa shape index (κ1) is 17.6. The smallest absolute Gasteiger partial charge is 0.243 e. The summed E-state index contributed by atoms with van der Waals surface area (Å²) >= 11 is 1.37. The molecule has 0 spiro atoms. The monoisotopic (exact) mass is 339 g/mol. The molecule has 0 aliphatic heterocycles. The predicted octanol–water partition coefficient (Wildman–Crippen LogP) is 3.56. The molecule has 2 aromatic carbocycles. The van der Waals surface area contributed by atoms with E-state index in [0.717, 1.165) is 4.90 Å². The zero-order valence-corrected chi connectivity index (χ0v) is 14.0. The third-order valence-corrected chi connectivity index (χ3v) is 4.12. The summed E-state index contributed by atoms with van der Waals surface area (Å²) in [5, 5.41) is 14.5. The van der Waals surface area contributed by atoms with E-state index in [4.69, 9.17) is 5.26 Å². The summed E-state index contributed by atoms with van der Waals surface area (Å²) in [4.78, 5) is 24.3. The number of nitrogens with one attached hydrogen (secondary N) is 2. The zero-order valence-electron chi connectivity index (χ0n) is 13.2. The summed E-state index contributed by atoms with van der Waals surface area (Å²) in [6, 6.07) is 16.4. The van der Waals surface area contributed by atoms with E-state index in [1.807, 2.05) is 18.2 Å². The lowest BCUT2D eigenvalue weighted by molar-refractivity contribution is -0.114. The number of carbonyl (C=O) groups excluding carboxylic acids is 2. The van der Waals surface area contributed by atoms with Gasteiger partial charge in [-0.2, -0.15) is 5.26 Å². The Kier molecular flexibility index (Phi) is 6.41. The Labute approximate surface area is 145 Å². The minimum atomic E-state index is -0.201. The Morgan fingerprint density at radius 3 is 2.71 bits per heavy atom. The third kappa shape index (κ3) is 5.14. The van der Waals surface area contributed by atoms with Crippen molar-refractivity contribution in [1.82, 2.24) is 0 Å². The first-order valence-electron chi connectivity index (χ1n) is 7.33. The van der Waals surface area contributed by atoms with Crippen LogP contribution in [0.25, 0.3) is 0 Å². The molecule has 0 bridgehead atoms. The van der Waals surface area contributed by atoms with Gasteiger partial charge in [-0.1, -0.05) is 24.3 Å². The van der Waals surface area contributed by atoms with Crippen LogP contribution in [-0.2, 0) is 4.79 Å². The molecule has 0 radical (unpaired) electrons. The van der Waals surface area contributed by atoms with Gasteiger partial charge >= 0.3 is 0 Å². The molecule has 5 nitrogen and oxygen atoms in total. The highest BCUT2D eigenvalue weighted by atomic mass is 32.2. The van der Waals surface area contributed by atoms with Gasteiger partial charge in [0.1, 0.15) is 0 Å². The Bertz CT molecular complexity index is 784. The molecule has 0 unspecified atom stereocenters. The number of ketones is 1. The summed E-state index contributed by atoms with van der Waals surface area (Å²) < 4.78 is 0. The quantitative estimate of drug-likeness (QED) is 0.595. The number of nitriles is 1. The SMILES string of the molecule is CC(=O)c1cccc(NCC(=O)Nc2ccccc2SCC#N)c1. The number of anilines is 2. The highest BCUT2D eigenvalue weighted by molar-refractivity contribution is 7.99.